The molecule has 3 unspecified atom stereocenters. The minimum absolute atomic E-state index is 0.0369. The average Bonchev–Trinajstić information content (AvgIpc) is 2.55. The summed E-state index contributed by atoms with van der Waals surface area (Å²) in [5, 5.41) is 14.1. The summed E-state index contributed by atoms with van der Waals surface area (Å²) >= 11 is 0. The van der Waals surface area contributed by atoms with Crippen LogP contribution in [-0.4, -0.2) is 41.9 Å². The van der Waals surface area contributed by atoms with E-state index in [1.165, 1.54) is 0 Å². The lowest BCUT2D eigenvalue weighted by Gasteiger charge is -2.29. The third kappa shape index (κ3) is 3.59. The quantitative estimate of drug-likeness (QED) is 0.674. The molecule has 1 aliphatic heterocycles. The van der Waals surface area contributed by atoms with Crippen LogP contribution < -0.4 is 10.6 Å². The van der Waals surface area contributed by atoms with Crippen LogP contribution in [0.5, 0.6) is 0 Å². The molecular weight excluding hydrogens is 224 g/mol. The number of carboxylic acid groups (broad SMARTS) is 1. The van der Waals surface area contributed by atoms with Crippen LogP contribution in [-0.2, 0) is 9.53 Å². The summed E-state index contributed by atoms with van der Waals surface area (Å²) in [6.45, 7) is 6.12. The SMILES string of the molecule is CC(CNC(=O)NC1(C)CCOC1C)C(=O)O. The zero-order chi connectivity index (χ0) is 13.1. The highest BCUT2D eigenvalue weighted by Gasteiger charge is 2.38. The van der Waals surface area contributed by atoms with Crippen LogP contribution in [0.3, 0.4) is 0 Å². The van der Waals surface area contributed by atoms with Crippen LogP contribution in [0.2, 0.25) is 0 Å². The zero-order valence-corrected chi connectivity index (χ0v) is 10.4. The van der Waals surface area contributed by atoms with Crippen LogP contribution in [0.15, 0.2) is 0 Å². The Labute approximate surface area is 101 Å². The van der Waals surface area contributed by atoms with E-state index >= 15 is 0 Å². The molecule has 1 fully saturated rings. The van der Waals surface area contributed by atoms with Gasteiger partial charge in [0.25, 0.3) is 0 Å². The Kier molecular flexibility index (Phi) is 4.34. The van der Waals surface area contributed by atoms with Crippen LogP contribution in [0.4, 0.5) is 4.79 Å². The highest BCUT2D eigenvalue weighted by Crippen LogP contribution is 2.24. The van der Waals surface area contributed by atoms with E-state index in [0.717, 1.165) is 6.42 Å². The van der Waals surface area contributed by atoms with Gasteiger partial charge in [0.15, 0.2) is 0 Å². The van der Waals surface area contributed by atoms with Crippen LogP contribution in [0, 0.1) is 5.92 Å². The fraction of sp³-hybridized carbons (Fsp3) is 0.818. The van der Waals surface area contributed by atoms with Crippen molar-refractivity contribution in [3.8, 4) is 0 Å². The Morgan fingerprint density at radius 2 is 2.24 bits per heavy atom. The lowest BCUT2D eigenvalue weighted by Crippen LogP contribution is -2.54. The van der Waals surface area contributed by atoms with E-state index in [2.05, 4.69) is 10.6 Å². The van der Waals surface area contributed by atoms with Crippen LogP contribution in [0.25, 0.3) is 0 Å². The second-order valence-electron chi connectivity index (χ2n) is 4.75. The van der Waals surface area contributed by atoms with Crippen molar-refractivity contribution in [3.05, 3.63) is 0 Å². The molecule has 17 heavy (non-hydrogen) atoms. The number of rotatable bonds is 4. The third-order valence-electron chi connectivity index (χ3n) is 3.28. The van der Waals surface area contributed by atoms with E-state index in [-0.39, 0.29) is 24.2 Å². The van der Waals surface area contributed by atoms with Crippen LogP contribution in [0.1, 0.15) is 27.2 Å². The molecule has 0 aromatic rings. The number of ether oxygens (including phenoxy) is 1. The molecule has 1 saturated heterocycles. The van der Waals surface area contributed by atoms with Gasteiger partial charge >= 0.3 is 12.0 Å². The molecule has 98 valence electrons. The van der Waals surface area contributed by atoms with E-state index in [1.807, 2.05) is 13.8 Å². The number of carbonyl (C=O) groups is 2. The molecule has 0 aromatic heterocycles. The van der Waals surface area contributed by atoms with Gasteiger partial charge < -0.3 is 20.5 Å². The number of urea groups is 1. The van der Waals surface area contributed by atoms with E-state index in [0.29, 0.717) is 6.61 Å². The van der Waals surface area contributed by atoms with Gasteiger partial charge in [0.1, 0.15) is 0 Å². The Bertz CT molecular complexity index is 308. The van der Waals surface area contributed by atoms with Crippen molar-refractivity contribution < 1.29 is 19.4 Å². The second kappa shape index (κ2) is 5.35. The summed E-state index contributed by atoms with van der Waals surface area (Å²) in [5.41, 5.74) is -0.378. The minimum atomic E-state index is -0.922. The van der Waals surface area contributed by atoms with Gasteiger partial charge in [0.2, 0.25) is 0 Å². The van der Waals surface area contributed by atoms with Gasteiger partial charge in [-0.05, 0) is 20.3 Å². The van der Waals surface area contributed by atoms with Crippen molar-refractivity contribution in [2.45, 2.75) is 38.8 Å². The topological polar surface area (TPSA) is 87.7 Å². The summed E-state index contributed by atoms with van der Waals surface area (Å²) in [5.74, 6) is -1.51. The summed E-state index contributed by atoms with van der Waals surface area (Å²) in [6, 6.07) is -0.349. The van der Waals surface area contributed by atoms with E-state index in [4.69, 9.17) is 9.84 Å². The molecule has 0 spiro atoms. The van der Waals surface area contributed by atoms with Gasteiger partial charge in [-0.2, -0.15) is 0 Å². The first-order valence-corrected chi connectivity index (χ1v) is 5.75. The van der Waals surface area contributed by atoms with Crippen molar-refractivity contribution in [3.63, 3.8) is 0 Å². The van der Waals surface area contributed by atoms with Crippen molar-refractivity contribution in [2.24, 2.45) is 5.92 Å². The first-order chi connectivity index (χ1) is 7.85. The molecule has 1 aliphatic rings. The standard InChI is InChI=1S/C11H20N2O4/c1-7(9(14)15)6-12-10(16)13-11(3)4-5-17-8(11)2/h7-8H,4-6H2,1-3H3,(H,14,15)(H2,12,13,16). The first-order valence-electron chi connectivity index (χ1n) is 5.75. The van der Waals surface area contributed by atoms with Crippen molar-refractivity contribution >= 4 is 12.0 Å². The number of amides is 2. The molecule has 2 amide bonds. The monoisotopic (exact) mass is 244 g/mol. The Hall–Kier alpha value is -1.30. The van der Waals surface area contributed by atoms with E-state index in [9.17, 15) is 9.59 Å². The summed E-state index contributed by atoms with van der Waals surface area (Å²) < 4.78 is 5.40. The number of hydrogen-bond donors (Lipinski definition) is 3. The average molecular weight is 244 g/mol. The molecule has 1 heterocycles. The summed E-state index contributed by atoms with van der Waals surface area (Å²) in [7, 11) is 0. The number of hydrogen-bond acceptors (Lipinski definition) is 3. The maximum atomic E-state index is 11.6. The fourth-order valence-corrected chi connectivity index (χ4v) is 1.64. The van der Waals surface area contributed by atoms with Gasteiger partial charge in [0, 0.05) is 13.2 Å². The smallest absolute Gasteiger partial charge is 0.315 e. The fourth-order valence-electron chi connectivity index (χ4n) is 1.64. The predicted molar refractivity (Wildman–Crippen MR) is 61.8 cm³/mol. The highest BCUT2D eigenvalue weighted by atomic mass is 16.5. The molecule has 6 heteroatoms. The van der Waals surface area contributed by atoms with Gasteiger partial charge in [-0.15, -0.1) is 0 Å². The molecule has 0 radical (unpaired) electrons. The number of aliphatic carboxylic acids is 1. The van der Waals surface area contributed by atoms with E-state index < -0.39 is 11.9 Å². The zero-order valence-electron chi connectivity index (χ0n) is 10.4. The van der Waals surface area contributed by atoms with Gasteiger partial charge in [-0.1, -0.05) is 6.92 Å². The Morgan fingerprint density at radius 1 is 1.59 bits per heavy atom. The predicted octanol–water partition coefficient (Wildman–Crippen LogP) is 0.574. The molecule has 1 rings (SSSR count). The lowest BCUT2D eigenvalue weighted by molar-refractivity contribution is -0.140. The molecular formula is C11H20N2O4. The molecule has 0 aromatic carbocycles. The normalized spacial score (nSPS) is 29.7. The van der Waals surface area contributed by atoms with Gasteiger partial charge in [0.05, 0.1) is 17.6 Å². The number of carbonyl (C=O) groups excluding carboxylic acids is 1. The molecule has 0 saturated carbocycles. The number of carboxylic acids is 1. The Balaban J connectivity index is 2.37. The molecule has 3 N–H and O–H groups in total. The Morgan fingerprint density at radius 3 is 2.71 bits per heavy atom. The van der Waals surface area contributed by atoms with Gasteiger partial charge in [-0.25, -0.2) is 4.79 Å². The molecule has 3 atom stereocenters. The molecule has 0 bridgehead atoms. The maximum Gasteiger partial charge on any atom is 0.315 e. The third-order valence-corrected chi connectivity index (χ3v) is 3.28. The number of nitrogens with one attached hydrogen (secondary N) is 2. The van der Waals surface area contributed by atoms with Crippen LogP contribution >= 0.6 is 0 Å². The minimum Gasteiger partial charge on any atom is -0.481 e. The maximum absolute atomic E-state index is 11.6. The summed E-state index contributed by atoms with van der Waals surface area (Å²) in [4.78, 5) is 22.2. The lowest BCUT2D eigenvalue weighted by atomic mass is 9.95. The van der Waals surface area contributed by atoms with Gasteiger partial charge in [-0.3, -0.25) is 4.79 Å². The first kappa shape index (κ1) is 13.8. The largest absolute Gasteiger partial charge is 0.481 e. The van der Waals surface area contributed by atoms with Crippen molar-refractivity contribution in [2.75, 3.05) is 13.2 Å². The highest BCUT2D eigenvalue weighted by molar-refractivity contribution is 5.76. The summed E-state index contributed by atoms with van der Waals surface area (Å²) in [6.07, 6.45) is 0.723. The van der Waals surface area contributed by atoms with Crippen molar-refractivity contribution in [1.29, 1.82) is 0 Å². The van der Waals surface area contributed by atoms with E-state index in [1.54, 1.807) is 6.92 Å². The second-order valence-corrected chi connectivity index (χ2v) is 4.75. The molecule has 0 aliphatic carbocycles. The molecule has 6 nitrogen and oxygen atoms in total. The van der Waals surface area contributed by atoms with Crippen molar-refractivity contribution in [1.82, 2.24) is 10.6 Å².